The number of benzene rings is 1. The maximum Gasteiger partial charge on any atom is 0.161 e. The maximum absolute atomic E-state index is 6.13. The van der Waals surface area contributed by atoms with E-state index in [0.29, 0.717) is 0 Å². The molecule has 1 aromatic carbocycles. The van der Waals surface area contributed by atoms with Crippen molar-refractivity contribution in [3.05, 3.63) is 30.3 Å². The van der Waals surface area contributed by atoms with Crippen LogP contribution in [0.4, 0.5) is 0 Å². The molecule has 0 saturated heterocycles. The van der Waals surface area contributed by atoms with Crippen LogP contribution in [-0.2, 0) is 0 Å². The largest absolute Gasteiger partial charge is 0.490 e. The zero-order valence-electron chi connectivity index (χ0n) is 22.9. The molecule has 0 aliphatic heterocycles. The Kier molecular flexibility index (Phi) is 21.0. The first kappa shape index (κ1) is 30.6. The zero-order chi connectivity index (χ0) is 24.5. The summed E-state index contributed by atoms with van der Waals surface area (Å²) in [4.78, 5) is 0. The van der Waals surface area contributed by atoms with Crippen LogP contribution in [0.15, 0.2) is 24.8 Å². The lowest BCUT2D eigenvalue weighted by molar-refractivity contribution is 0.258. The number of rotatable bonds is 25. The van der Waals surface area contributed by atoms with Gasteiger partial charge in [-0.05, 0) is 30.5 Å². The minimum atomic E-state index is 0.770. The normalized spacial score (nSPS) is 11.0. The Balaban J connectivity index is 2.14. The number of hydrogen-bond donors (Lipinski definition) is 0. The molecule has 0 unspecified atom stereocenters. The summed E-state index contributed by atoms with van der Waals surface area (Å²) in [5, 5.41) is 0. The average molecular weight is 473 g/mol. The van der Waals surface area contributed by atoms with Crippen LogP contribution in [0.25, 0.3) is 6.08 Å². The highest BCUT2D eigenvalue weighted by Crippen LogP contribution is 2.29. The Bertz CT molecular complexity index is 580. The van der Waals surface area contributed by atoms with Crippen molar-refractivity contribution < 1.29 is 9.47 Å². The molecule has 0 aliphatic rings. The van der Waals surface area contributed by atoms with E-state index in [-0.39, 0.29) is 0 Å². The van der Waals surface area contributed by atoms with Crippen LogP contribution in [0.3, 0.4) is 0 Å². The minimum absolute atomic E-state index is 0.770. The van der Waals surface area contributed by atoms with Gasteiger partial charge in [-0.25, -0.2) is 0 Å². The average Bonchev–Trinajstić information content (AvgIpc) is 2.86. The molecule has 0 spiro atoms. The molecule has 0 atom stereocenters. The van der Waals surface area contributed by atoms with Crippen LogP contribution in [0.5, 0.6) is 11.5 Å². The van der Waals surface area contributed by atoms with Crippen LogP contribution in [0.2, 0.25) is 0 Å². The van der Waals surface area contributed by atoms with Gasteiger partial charge in [-0.2, -0.15) is 0 Å². The Morgan fingerprint density at radius 3 is 1.32 bits per heavy atom. The summed E-state index contributed by atoms with van der Waals surface area (Å²) < 4.78 is 12.2. The maximum atomic E-state index is 6.13. The van der Waals surface area contributed by atoms with E-state index < -0.39 is 0 Å². The summed E-state index contributed by atoms with van der Waals surface area (Å²) >= 11 is 0. The van der Waals surface area contributed by atoms with Gasteiger partial charge < -0.3 is 9.47 Å². The van der Waals surface area contributed by atoms with Crippen molar-refractivity contribution in [2.24, 2.45) is 0 Å². The number of hydrogen-bond acceptors (Lipinski definition) is 2. The van der Waals surface area contributed by atoms with E-state index in [2.05, 4.69) is 32.6 Å². The molecule has 1 rings (SSSR count). The second kappa shape index (κ2) is 23.3. The van der Waals surface area contributed by atoms with Crippen molar-refractivity contribution in [3.8, 4) is 11.5 Å². The molecule has 2 heteroatoms. The molecule has 0 bridgehead atoms. The Hall–Kier alpha value is -1.44. The molecular weight excluding hydrogens is 416 g/mol. The lowest BCUT2D eigenvalue weighted by atomic mass is 10.1. The fourth-order valence-electron chi connectivity index (χ4n) is 4.43. The summed E-state index contributed by atoms with van der Waals surface area (Å²) in [5.41, 5.74) is 1.09. The monoisotopic (exact) mass is 472 g/mol. The standard InChI is InChI=1S/C32H56O2/c1-4-7-9-11-13-15-17-19-21-23-27-33-31-26-25-30(6-3)29-32(31)34-28-24-22-20-18-16-14-12-10-8-5-2/h6,25-26,29H,3-5,7-24,27-28H2,1-2H3. The second-order valence-corrected chi connectivity index (χ2v) is 9.97. The first-order valence-corrected chi connectivity index (χ1v) is 14.8. The van der Waals surface area contributed by atoms with Crippen LogP contribution >= 0.6 is 0 Å². The molecule has 0 radical (unpaired) electrons. The zero-order valence-corrected chi connectivity index (χ0v) is 22.9. The molecule has 0 N–H and O–H groups in total. The van der Waals surface area contributed by atoms with E-state index in [9.17, 15) is 0 Å². The van der Waals surface area contributed by atoms with Crippen molar-refractivity contribution in [2.45, 2.75) is 142 Å². The highest BCUT2D eigenvalue weighted by molar-refractivity contribution is 5.54. The van der Waals surface area contributed by atoms with Crippen LogP contribution in [0.1, 0.15) is 148 Å². The van der Waals surface area contributed by atoms with Crippen molar-refractivity contribution in [1.29, 1.82) is 0 Å². The van der Waals surface area contributed by atoms with Crippen molar-refractivity contribution in [2.75, 3.05) is 13.2 Å². The van der Waals surface area contributed by atoms with Gasteiger partial charge in [-0.3, -0.25) is 0 Å². The van der Waals surface area contributed by atoms with E-state index in [0.717, 1.165) is 43.1 Å². The van der Waals surface area contributed by atoms with E-state index in [1.54, 1.807) is 0 Å². The minimum Gasteiger partial charge on any atom is -0.490 e. The topological polar surface area (TPSA) is 18.5 Å². The Morgan fingerprint density at radius 1 is 0.529 bits per heavy atom. The van der Waals surface area contributed by atoms with Crippen LogP contribution < -0.4 is 9.47 Å². The van der Waals surface area contributed by atoms with Gasteiger partial charge in [-0.15, -0.1) is 0 Å². The second-order valence-electron chi connectivity index (χ2n) is 9.97. The first-order valence-electron chi connectivity index (χ1n) is 14.8. The fourth-order valence-corrected chi connectivity index (χ4v) is 4.43. The van der Waals surface area contributed by atoms with E-state index in [1.807, 2.05) is 12.1 Å². The molecule has 0 saturated carbocycles. The summed E-state index contributed by atoms with van der Waals surface area (Å²) in [6.45, 7) is 10.0. The first-order chi connectivity index (χ1) is 16.8. The van der Waals surface area contributed by atoms with Gasteiger partial charge in [0.15, 0.2) is 11.5 Å². The van der Waals surface area contributed by atoms with E-state index in [4.69, 9.17) is 9.47 Å². The lowest BCUT2D eigenvalue weighted by Gasteiger charge is -2.14. The highest BCUT2D eigenvalue weighted by atomic mass is 16.5. The molecule has 0 aromatic heterocycles. The molecule has 34 heavy (non-hydrogen) atoms. The van der Waals surface area contributed by atoms with E-state index in [1.165, 1.54) is 116 Å². The molecule has 196 valence electrons. The summed E-state index contributed by atoms with van der Waals surface area (Å²) in [6.07, 6.45) is 28.7. The molecule has 1 aromatic rings. The van der Waals surface area contributed by atoms with Crippen molar-refractivity contribution >= 4 is 6.08 Å². The smallest absolute Gasteiger partial charge is 0.161 e. The highest BCUT2D eigenvalue weighted by Gasteiger charge is 2.06. The third-order valence-corrected chi connectivity index (χ3v) is 6.71. The Morgan fingerprint density at radius 2 is 0.912 bits per heavy atom. The number of ether oxygens (including phenoxy) is 2. The molecular formula is C32H56O2. The summed E-state index contributed by atoms with van der Waals surface area (Å²) in [5.74, 6) is 1.76. The predicted molar refractivity (Wildman–Crippen MR) is 151 cm³/mol. The number of unbranched alkanes of at least 4 members (excludes halogenated alkanes) is 18. The third kappa shape index (κ3) is 17.1. The molecule has 0 heterocycles. The molecule has 0 amide bonds. The van der Waals surface area contributed by atoms with Gasteiger partial charge in [0.1, 0.15) is 0 Å². The van der Waals surface area contributed by atoms with Crippen molar-refractivity contribution in [1.82, 2.24) is 0 Å². The van der Waals surface area contributed by atoms with Gasteiger partial charge in [-0.1, -0.05) is 148 Å². The van der Waals surface area contributed by atoms with Gasteiger partial charge in [0.05, 0.1) is 13.2 Å². The van der Waals surface area contributed by atoms with Crippen molar-refractivity contribution in [3.63, 3.8) is 0 Å². The van der Waals surface area contributed by atoms with Gasteiger partial charge in [0.2, 0.25) is 0 Å². The van der Waals surface area contributed by atoms with E-state index >= 15 is 0 Å². The van der Waals surface area contributed by atoms with Crippen LogP contribution in [0, 0.1) is 0 Å². The molecule has 0 aliphatic carbocycles. The summed E-state index contributed by atoms with van der Waals surface area (Å²) in [7, 11) is 0. The summed E-state index contributed by atoms with van der Waals surface area (Å²) in [6, 6.07) is 6.17. The molecule has 2 nitrogen and oxygen atoms in total. The lowest BCUT2D eigenvalue weighted by Crippen LogP contribution is -2.03. The van der Waals surface area contributed by atoms with Gasteiger partial charge in [0, 0.05) is 0 Å². The van der Waals surface area contributed by atoms with Crippen LogP contribution in [-0.4, -0.2) is 13.2 Å². The molecule has 0 fully saturated rings. The quantitative estimate of drug-likeness (QED) is 0.132. The third-order valence-electron chi connectivity index (χ3n) is 6.71. The fraction of sp³-hybridized carbons (Fsp3) is 0.750. The SMILES string of the molecule is C=Cc1ccc(OCCCCCCCCCCCC)c(OCCCCCCCCCCCC)c1. The van der Waals surface area contributed by atoms with Gasteiger partial charge >= 0.3 is 0 Å². The van der Waals surface area contributed by atoms with Gasteiger partial charge in [0.25, 0.3) is 0 Å². The predicted octanol–water partition coefficient (Wildman–Crippen LogP) is 10.9. The Labute approximate surface area is 212 Å².